The van der Waals surface area contributed by atoms with Crippen LogP contribution in [0, 0.1) is 0 Å². The van der Waals surface area contributed by atoms with Gasteiger partial charge in [-0.05, 0) is 19.9 Å². The molecule has 0 saturated carbocycles. The summed E-state index contributed by atoms with van der Waals surface area (Å²) in [6, 6.07) is 1.69. The first-order valence-corrected chi connectivity index (χ1v) is 5.01. The van der Waals surface area contributed by atoms with Crippen molar-refractivity contribution < 1.29 is 9.53 Å². The fraction of sp³-hybridized carbons (Fsp3) is 0.600. The first kappa shape index (κ1) is 10.2. The van der Waals surface area contributed by atoms with Crippen molar-refractivity contribution in [2.24, 2.45) is 0 Å². The van der Waals surface area contributed by atoms with Gasteiger partial charge in [0, 0.05) is 19.3 Å². The van der Waals surface area contributed by atoms with Crippen molar-refractivity contribution in [2.45, 2.75) is 19.4 Å². The maximum Gasteiger partial charge on any atom is 0.272 e. The molecule has 0 atom stereocenters. The summed E-state index contributed by atoms with van der Waals surface area (Å²) < 4.78 is 5.54. The quantitative estimate of drug-likeness (QED) is 0.739. The molecular weight excluding hydrogens is 194 g/mol. The van der Waals surface area contributed by atoms with Gasteiger partial charge in [-0.3, -0.25) is 9.89 Å². The van der Waals surface area contributed by atoms with Gasteiger partial charge in [0.25, 0.3) is 5.91 Å². The Bertz CT molecular complexity index is 346. The van der Waals surface area contributed by atoms with Gasteiger partial charge in [0.15, 0.2) is 0 Å². The van der Waals surface area contributed by atoms with Gasteiger partial charge in [-0.1, -0.05) is 0 Å². The number of carbonyl (C=O) groups excluding carboxylic acids is 1. The smallest absolute Gasteiger partial charge is 0.272 e. The third kappa shape index (κ3) is 2.18. The number of nitrogens with one attached hydrogen (secondary N) is 1. The van der Waals surface area contributed by atoms with E-state index in [0.717, 1.165) is 0 Å². The summed E-state index contributed by atoms with van der Waals surface area (Å²) >= 11 is 0. The van der Waals surface area contributed by atoms with Crippen LogP contribution >= 0.6 is 0 Å². The van der Waals surface area contributed by atoms with Crippen molar-refractivity contribution >= 4 is 5.91 Å². The number of aromatic amines is 1. The number of hydrogen-bond donors (Lipinski definition) is 1. The fourth-order valence-electron chi connectivity index (χ4n) is 1.74. The van der Waals surface area contributed by atoms with Gasteiger partial charge in [-0.15, -0.1) is 0 Å². The number of aromatic nitrogens is 2. The first-order chi connectivity index (χ1) is 7.08. The largest absolute Gasteiger partial charge is 0.372 e. The molecule has 1 aliphatic rings. The van der Waals surface area contributed by atoms with Crippen LogP contribution in [0.5, 0.6) is 0 Å². The number of H-pyrrole nitrogens is 1. The van der Waals surface area contributed by atoms with Gasteiger partial charge in [0.05, 0.1) is 12.2 Å². The number of hydrogen-bond acceptors (Lipinski definition) is 3. The minimum Gasteiger partial charge on any atom is -0.372 e. The SMILES string of the molecule is CC1(C)CN(C(=O)c2ccn[nH]2)CCO1. The van der Waals surface area contributed by atoms with Crippen molar-refractivity contribution in [1.82, 2.24) is 15.1 Å². The van der Waals surface area contributed by atoms with Crippen molar-refractivity contribution in [1.29, 1.82) is 0 Å². The Labute approximate surface area is 88.4 Å². The third-order valence-corrected chi connectivity index (χ3v) is 2.44. The molecule has 15 heavy (non-hydrogen) atoms. The monoisotopic (exact) mass is 209 g/mol. The van der Waals surface area contributed by atoms with E-state index >= 15 is 0 Å². The lowest BCUT2D eigenvalue weighted by Crippen LogP contribution is -2.50. The summed E-state index contributed by atoms with van der Waals surface area (Å²) in [6.07, 6.45) is 1.58. The number of rotatable bonds is 1. The highest BCUT2D eigenvalue weighted by molar-refractivity contribution is 5.92. The van der Waals surface area contributed by atoms with Crippen LogP contribution in [0.15, 0.2) is 12.3 Å². The van der Waals surface area contributed by atoms with Gasteiger partial charge in [0.2, 0.25) is 0 Å². The summed E-state index contributed by atoms with van der Waals surface area (Å²) in [5.41, 5.74) is 0.279. The average Bonchev–Trinajstić information content (AvgIpc) is 2.67. The van der Waals surface area contributed by atoms with Crippen LogP contribution in [-0.4, -0.2) is 46.3 Å². The van der Waals surface area contributed by atoms with Gasteiger partial charge in [-0.2, -0.15) is 5.10 Å². The summed E-state index contributed by atoms with van der Waals surface area (Å²) in [6.45, 7) is 5.82. The molecular formula is C10H15N3O2. The Hall–Kier alpha value is -1.36. The second kappa shape index (κ2) is 3.66. The average molecular weight is 209 g/mol. The molecule has 0 aliphatic carbocycles. The van der Waals surface area contributed by atoms with E-state index in [1.807, 2.05) is 13.8 Å². The van der Waals surface area contributed by atoms with E-state index in [4.69, 9.17) is 4.74 Å². The lowest BCUT2D eigenvalue weighted by Gasteiger charge is -2.37. The van der Waals surface area contributed by atoms with Gasteiger partial charge in [0.1, 0.15) is 5.69 Å². The van der Waals surface area contributed by atoms with E-state index in [1.54, 1.807) is 17.2 Å². The molecule has 0 aromatic carbocycles. The van der Waals surface area contributed by atoms with Crippen LogP contribution in [0.25, 0.3) is 0 Å². The number of morpholine rings is 1. The highest BCUT2D eigenvalue weighted by Gasteiger charge is 2.30. The highest BCUT2D eigenvalue weighted by Crippen LogP contribution is 2.17. The van der Waals surface area contributed by atoms with Crippen LogP contribution in [0.2, 0.25) is 0 Å². The molecule has 5 heteroatoms. The molecule has 1 aromatic rings. The minimum absolute atomic E-state index is 0.0103. The van der Waals surface area contributed by atoms with Crippen molar-refractivity contribution in [2.75, 3.05) is 19.7 Å². The number of amides is 1. The first-order valence-electron chi connectivity index (χ1n) is 5.01. The molecule has 0 radical (unpaired) electrons. The minimum atomic E-state index is -0.256. The normalized spacial score (nSPS) is 20.3. The maximum atomic E-state index is 11.9. The Morgan fingerprint density at radius 2 is 2.47 bits per heavy atom. The van der Waals surface area contributed by atoms with Crippen LogP contribution in [-0.2, 0) is 4.74 Å². The van der Waals surface area contributed by atoms with E-state index in [1.165, 1.54) is 0 Å². The van der Waals surface area contributed by atoms with Gasteiger partial charge in [-0.25, -0.2) is 0 Å². The second-order valence-corrected chi connectivity index (χ2v) is 4.31. The van der Waals surface area contributed by atoms with Crippen LogP contribution < -0.4 is 0 Å². The Morgan fingerprint density at radius 1 is 1.67 bits per heavy atom. The third-order valence-electron chi connectivity index (χ3n) is 2.44. The van der Waals surface area contributed by atoms with Crippen LogP contribution in [0.1, 0.15) is 24.3 Å². The lowest BCUT2D eigenvalue weighted by atomic mass is 10.1. The zero-order chi connectivity index (χ0) is 10.9. The van der Waals surface area contributed by atoms with Crippen LogP contribution in [0.4, 0.5) is 0 Å². The van der Waals surface area contributed by atoms with Gasteiger partial charge >= 0.3 is 0 Å². The Balaban J connectivity index is 2.08. The van der Waals surface area contributed by atoms with E-state index in [9.17, 15) is 4.79 Å². The molecule has 1 aliphatic heterocycles. The van der Waals surface area contributed by atoms with Crippen molar-refractivity contribution in [3.05, 3.63) is 18.0 Å². The van der Waals surface area contributed by atoms with E-state index in [2.05, 4.69) is 10.2 Å². The van der Waals surface area contributed by atoms with Crippen LogP contribution in [0.3, 0.4) is 0 Å². The molecule has 5 nitrogen and oxygen atoms in total. The molecule has 0 unspecified atom stereocenters. The zero-order valence-electron chi connectivity index (χ0n) is 8.99. The van der Waals surface area contributed by atoms with Gasteiger partial charge < -0.3 is 9.64 Å². The number of nitrogens with zero attached hydrogens (tertiary/aromatic N) is 2. The molecule has 0 spiro atoms. The molecule has 2 heterocycles. The molecule has 1 amide bonds. The summed E-state index contributed by atoms with van der Waals surface area (Å²) in [7, 11) is 0. The summed E-state index contributed by atoms with van der Waals surface area (Å²) in [4.78, 5) is 13.7. The second-order valence-electron chi connectivity index (χ2n) is 4.31. The molecule has 1 N–H and O–H groups in total. The van der Waals surface area contributed by atoms with E-state index in [-0.39, 0.29) is 11.5 Å². The lowest BCUT2D eigenvalue weighted by molar-refractivity contribution is -0.0765. The zero-order valence-corrected chi connectivity index (χ0v) is 8.99. The van der Waals surface area contributed by atoms with E-state index in [0.29, 0.717) is 25.4 Å². The molecule has 1 saturated heterocycles. The standard InChI is InChI=1S/C10H15N3O2/c1-10(2)7-13(5-6-15-10)9(14)8-3-4-11-12-8/h3-4H,5-7H2,1-2H3,(H,11,12). The molecule has 1 aromatic heterocycles. The molecule has 0 bridgehead atoms. The predicted octanol–water partition coefficient (Wildman–Crippen LogP) is 0.661. The highest BCUT2D eigenvalue weighted by atomic mass is 16.5. The summed E-state index contributed by atoms with van der Waals surface area (Å²) in [5, 5.41) is 6.45. The Kier molecular flexibility index (Phi) is 2.48. The molecule has 1 fully saturated rings. The van der Waals surface area contributed by atoms with Crippen molar-refractivity contribution in [3.63, 3.8) is 0 Å². The number of carbonyl (C=O) groups is 1. The number of ether oxygens (including phenoxy) is 1. The van der Waals surface area contributed by atoms with E-state index < -0.39 is 0 Å². The Morgan fingerprint density at radius 3 is 3.07 bits per heavy atom. The topological polar surface area (TPSA) is 58.2 Å². The molecule has 2 rings (SSSR count). The molecule has 82 valence electrons. The summed E-state index contributed by atoms with van der Waals surface area (Å²) in [5.74, 6) is -0.0103. The predicted molar refractivity (Wildman–Crippen MR) is 54.5 cm³/mol. The van der Waals surface area contributed by atoms with Crippen molar-refractivity contribution in [3.8, 4) is 0 Å². The fourth-order valence-corrected chi connectivity index (χ4v) is 1.74. The maximum absolute atomic E-state index is 11.9.